The van der Waals surface area contributed by atoms with Gasteiger partial charge in [-0.1, -0.05) is 0 Å². The molecular formula is C16H9F3N4O3S. The molecule has 0 amide bonds. The average molecular weight is 394 g/mol. The number of carbonyl (C=O) groups is 1. The summed E-state index contributed by atoms with van der Waals surface area (Å²) < 4.78 is 42.6. The van der Waals surface area contributed by atoms with Crippen LogP contribution in [0.15, 0.2) is 30.7 Å². The van der Waals surface area contributed by atoms with Crippen molar-refractivity contribution >= 4 is 38.7 Å². The highest BCUT2D eigenvalue weighted by molar-refractivity contribution is 7.22. The molecule has 4 aromatic rings. The summed E-state index contributed by atoms with van der Waals surface area (Å²) >= 11 is 1.14. The van der Waals surface area contributed by atoms with Crippen LogP contribution in [0.25, 0.3) is 32.0 Å². The number of carboxylic acids is 1. The van der Waals surface area contributed by atoms with E-state index in [4.69, 9.17) is 4.74 Å². The Morgan fingerprint density at radius 2 is 2.15 bits per heavy atom. The van der Waals surface area contributed by atoms with Gasteiger partial charge in [0.2, 0.25) is 0 Å². The van der Waals surface area contributed by atoms with E-state index in [0.29, 0.717) is 26.4 Å². The fourth-order valence-electron chi connectivity index (χ4n) is 2.49. The van der Waals surface area contributed by atoms with Gasteiger partial charge < -0.3 is 14.8 Å². The van der Waals surface area contributed by atoms with E-state index in [9.17, 15) is 23.1 Å². The maximum absolute atomic E-state index is 12.4. The van der Waals surface area contributed by atoms with E-state index in [1.807, 2.05) is 0 Å². The van der Waals surface area contributed by atoms with E-state index < -0.39 is 18.8 Å². The maximum atomic E-state index is 12.4. The van der Waals surface area contributed by atoms with Gasteiger partial charge in [0, 0.05) is 12.4 Å². The third-order valence-electron chi connectivity index (χ3n) is 3.63. The van der Waals surface area contributed by atoms with E-state index in [1.165, 1.54) is 24.7 Å². The monoisotopic (exact) mass is 394 g/mol. The predicted molar refractivity (Wildman–Crippen MR) is 91.0 cm³/mol. The summed E-state index contributed by atoms with van der Waals surface area (Å²) in [6.45, 7) is -1.41. The highest BCUT2D eigenvalue weighted by Crippen LogP contribution is 2.37. The molecule has 0 atom stereocenters. The number of thiophene rings is 1. The number of carboxylic acid groups (broad SMARTS) is 1. The molecule has 0 spiro atoms. The Bertz CT molecular complexity index is 1170. The van der Waals surface area contributed by atoms with E-state index in [0.717, 1.165) is 11.3 Å². The van der Waals surface area contributed by atoms with E-state index in [2.05, 4.69) is 19.9 Å². The number of nitrogens with zero attached hydrogens (tertiary/aromatic N) is 3. The Morgan fingerprint density at radius 3 is 2.89 bits per heavy atom. The van der Waals surface area contributed by atoms with Crippen molar-refractivity contribution in [3.8, 4) is 16.3 Å². The second-order valence-corrected chi connectivity index (χ2v) is 6.55. The lowest BCUT2D eigenvalue weighted by Crippen LogP contribution is -2.19. The minimum absolute atomic E-state index is 0.0206. The lowest BCUT2D eigenvalue weighted by Gasteiger charge is -2.09. The van der Waals surface area contributed by atoms with Crippen LogP contribution in [0.3, 0.4) is 0 Å². The van der Waals surface area contributed by atoms with Gasteiger partial charge in [0.1, 0.15) is 16.8 Å². The third kappa shape index (κ3) is 3.28. The molecule has 0 bridgehead atoms. The second kappa shape index (κ2) is 6.20. The number of aromatic carboxylic acids is 1. The molecule has 4 aromatic heterocycles. The number of halogens is 3. The topological polar surface area (TPSA) is 101 Å². The minimum Gasteiger partial charge on any atom is -0.483 e. The van der Waals surface area contributed by atoms with Gasteiger partial charge in [-0.3, -0.25) is 4.98 Å². The van der Waals surface area contributed by atoms with Crippen molar-refractivity contribution in [2.24, 2.45) is 0 Å². The van der Waals surface area contributed by atoms with Crippen LogP contribution in [-0.2, 0) is 0 Å². The summed E-state index contributed by atoms with van der Waals surface area (Å²) in [5, 5.41) is 9.21. The molecule has 0 aromatic carbocycles. The van der Waals surface area contributed by atoms with E-state index in [1.54, 1.807) is 6.07 Å². The molecule has 0 aliphatic rings. The van der Waals surface area contributed by atoms with Gasteiger partial charge in [-0.05, 0) is 12.1 Å². The summed E-state index contributed by atoms with van der Waals surface area (Å²) in [7, 11) is 0. The first kappa shape index (κ1) is 17.2. The van der Waals surface area contributed by atoms with Crippen molar-refractivity contribution in [2.45, 2.75) is 6.18 Å². The molecule has 0 unspecified atom stereocenters. The third-order valence-corrected chi connectivity index (χ3v) is 4.79. The first-order valence-corrected chi connectivity index (χ1v) is 8.29. The Hall–Kier alpha value is -3.21. The molecular weight excluding hydrogens is 385 g/mol. The van der Waals surface area contributed by atoms with Crippen LogP contribution in [0.1, 0.15) is 10.4 Å². The Kier molecular flexibility index (Phi) is 3.95. The quantitative estimate of drug-likeness (QED) is 0.545. The second-order valence-electron chi connectivity index (χ2n) is 5.50. The molecule has 0 saturated heterocycles. The Labute approximate surface area is 152 Å². The zero-order valence-electron chi connectivity index (χ0n) is 13.2. The zero-order valence-corrected chi connectivity index (χ0v) is 14.1. The standard InChI is InChI=1S/C16H9F3N4O3S/c17-16(18,19)6-26-10-1-2-20-8-3-11(27-13(8)10)9-5-22-14-12(23-9)7(4-21-14)15(24)25/h1-5H,6H2,(H,21,22)(H,24,25). The number of aromatic nitrogens is 4. The number of ether oxygens (including phenoxy) is 1. The van der Waals surface area contributed by atoms with Crippen molar-refractivity contribution in [1.29, 1.82) is 0 Å². The van der Waals surface area contributed by atoms with Gasteiger partial charge in [-0.15, -0.1) is 11.3 Å². The molecule has 0 aliphatic carbocycles. The Balaban J connectivity index is 1.77. The fraction of sp³-hybridized carbons (Fsp3) is 0.125. The fourth-order valence-corrected chi connectivity index (χ4v) is 3.52. The molecule has 138 valence electrons. The molecule has 2 N–H and O–H groups in total. The van der Waals surface area contributed by atoms with Gasteiger partial charge in [0.05, 0.1) is 27.0 Å². The molecule has 0 fully saturated rings. The summed E-state index contributed by atoms with van der Waals surface area (Å²) in [5.74, 6) is -1.08. The normalized spacial score (nSPS) is 12.0. The van der Waals surface area contributed by atoms with Crippen LogP contribution in [0.5, 0.6) is 5.75 Å². The average Bonchev–Trinajstić information content (AvgIpc) is 3.22. The van der Waals surface area contributed by atoms with Crippen molar-refractivity contribution in [1.82, 2.24) is 19.9 Å². The number of hydrogen-bond donors (Lipinski definition) is 2. The van der Waals surface area contributed by atoms with Crippen LogP contribution in [0.2, 0.25) is 0 Å². The molecule has 4 rings (SSSR count). The molecule has 4 heterocycles. The van der Waals surface area contributed by atoms with Gasteiger partial charge in [0.25, 0.3) is 0 Å². The van der Waals surface area contributed by atoms with Crippen LogP contribution < -0.4 is 4.74 Å². The van der Waals surface area contributed by atoms with Crippen LogP contribution in [0.4, 0.5) is 13.2 Å². The van der Waals surface area contributed by atoms with E-state index >= 15 is 0 Å². The lowest BCUT2D eigenvalue weighted by molar-refractivity contribution is -0.153. The zero-order chi connectivity index (χ0) is 19.2. The number of rotatable bonds is 4. The number of alkyl halides is 3. The largest absolute Gasteiger partial charge is 0.483 e. The van der Waals surface area contributed by atoms with Crippen molar-refractivity contribution in [3.63, 3.8) is 0 Å². The van der Waals surface area contributed by atoms with Crippen LogP contribution in [-0.4, -0.2) is 43.8 Å². The smallest absolute Gasteiger partial charge is 0.422 e. The molecule has 11 heteroatoms. The molecule has 27 heavy (non-hydrogen) atoms. The number of aromatic amines is 1. The summed E-state index contributed by atoms with van der Waals surface area (Å²) in [6, 6.07) is 3.00. The number of H-pyrrole nitrogens is 1. The van der Waals surface area contributed by atoms with Crippen molar-refractivity contribution in [3.05, 3.63) is 36.3 Å². The maximum Gasteiger partial charge on any atom is 0.422 e. The highest BCUT2D eigenvalue weighted by atomic mass is 32.1. The number of pyridine rings is 1. The molecule has 7 nitrogen and oxygen atoms in total. The Morgan fingerprint density at radius 1 is 1.33 bits per heavy atom. The van der Waals surface area contributed by atoms with Crippen molar-refractivity contribution in [2.75, 3.05) is 6.61 Å². The summed E-state index contributed by atoms with van der Waals surface area (Å²) in [4.78, 5) is 27.2. The van der Waals surface area contributed by atoms with Crippen molar-refractivity contribution < 1.29 is 27.8 Å². The molecule has 0 radical (unpaired) electrons. The van der Waals surface area contributed by atoms with Crippen LogP contribution >= 0.6 is 11.3 Å². The van der Waals surface area contributed by atoms with Gasteiger partial charge in [-0.25, -0.2) is 14.8 Å². The minimum atomic E-state index is -4.45. The van der Waals surface area contributed by atoms with Crippen LogP contribution in [0, 0.1) is 0 Å². The number of hydrogen-bond acceptors (Lipinski definition) is 6. The molecule has 0 saturated carbocycles. The lowest BCUT2D eigenvalue weighted by atomic mass is 10.3. The predicted octanol–water partition coefficient (Wildman–Crippen LogP) is 3.87. The van der Waals surface area contributed by atoms with Gasteiger partial charge in [-0.2, -0.15) is 13.2 Å². The highest BCUT2D eigenvalue weighted by Gasteiger charge is 2.29. The first-order chi connectivity index (χ1) is 12.8. The van der Waals surface area contributed by atoms with E-state index in [-0.39, 0.29) is 16.8 Å². The van der Waals surface area contributed by atoms with Gasteiger partial charge >= 0.3 is 12.1 Å². The summed E-state index contributed by atoms with van der Waals surface area (Å²) in [6.07, 6.45) is -0.348. The number of fused-ring (bicyclic) bond motifs is 2. The SMILES string of the molecule is O=C(O)c1c[nH]c2ncc(-c3cc4nccc(OCC(F)(F)F)c4s3)nc12. The first-order valence-electron chi connectivity index (χ1n) is 7.48. The van der Waals surface area contributed by atoms with Gasteiger partial charge in [0.15, 0.2) is 12.3 Å². The molecule has 0 aliphatic heterocycles. The summed E-state index contributed by atoms with van der Waals surface area (Å²) in [5.41, 5.74) is 1.33. The number of nitrogens with one attached hydrogen (secondary N) is 1.